The molecule has 100 valence electrons. The van der Waals surface area contributed by atoms with Crippen molar-refractivity contribution in [1.82, 2.24) is 5.32 Å². The van der Waals surface area contributed by atoms with Crippen LogP contribution in [-0.2, 0) is 9.53 Å². The molecule has 1 atom stereocenters. The number of allylic oxidation sites excluding steroid dienone is 3. The Bertz CT molecular complexity index is 570. The number of nitrogens with one attached hydrogen (secondary N) is 1. The monoisotopic (exact) mass is 257 g/mol. The Hall–Kier alpha value is -2.03. The topological polar surface area (TPSA) is 38.3 Å². The first-order valence-electron chi connectivity index (χ1n) is 6.34. The van der Waals surface area contributed by atoms with Gasteiger partial charge in [-0.2, -0.15) is 0 Å². The summed E-state index contributed by atoms with van der Waals surface area (Å²) in [5, 5.41) is 3.20. The maximum Gasteiger partial charge on any atom is 0.336 e. The summed E-state index contributed by atoms with van der Waals surface area (Å²) in [6.07, 6.45) is 2.07. The fraction of sp³-hybridized carbons (Fsp3) is 0.312. The number of hydrogen-bond acceptors (Lipinski definition) is 3. The van der Waals surface area contributed by atoms with E-state index in [1.807, 2.05) is 26.0 Å². The number of carbonyl (C=O) groups is 1. The second kappa shape index (κ2) is 5.31. The van der Waals surface area contributed by atoms with E-state index in [9.17, 15) is 4.79 Å². The van der Waals surface area contributed by atoms with Crippen LogP contribution in [0.15, 0.2) is 47.3 Å². The van der Waals surface area contributed by atoms with Crippen LogP contribution >= 0.6 is 0 Å². The van der Waals surface area contributed by atoms with Crippen LogP contribution < -0.4 is 5.32 Å². The third-order valence-electron chi connectivity index (χ3n) is 3.45. The molecular weight excluding hydrogens is 238 g/mol. The smallest absolute Gasteiger partial charge is 0.336 e. The molecule has 1 unspecified atom stereocenters. The summed E-state index contributed by atoms with van der Waals surface area (Å²) in [5.74, 6) is -0.322. The van der Waals surface area contributed by atoms with Crippen molar-refractivity contribution in [2.45, 2.75) is 26.7 Å². The van der Waals surface area contributed by atoms with E-state index in [0.717, 1.165) is 17.0 Å². The molecule has 0 amide bonds. The number of methoxy groups -OCH3 is 1. The van der Waals surface area contributed by atoms with Crippen molar-refractivity contribution >= 4 is 5.97 Å². The minimum Gasteiger partial charge on any atom is -0.466 e. The van der Waals surface area contributed by atoms with Crippen molar-refractivity contribution in [1.29, 1.82) is 0 Å². The van der Waals surface area contributed by atoms with Crippen molar-refractivity contribution in [2.24, 2.45) is 0 Å². The number of esters is 1. The van der Waals surface area contributed by atoms with Crippen molar-refractivity contribution in [3.05, 3.63) is 58.4 Å². The Morgan fingerprint density at radius 3 is 2.53 bits per heavy atom. The number of rotatable bonds is 2. The molecular formula is C16H19NO2. The Balaban J connectivity index is 2.54. The zero-order chi connectivity index (χ0) is 14.0. The zero-order valence-corrected chi connectivity index (χ0v) is 11.8. The number of carbonyl (C=O) groups excluding carboxylic acids is 1. The lowest BCUT2D eigenvalue weighted by atomic mass is 9.85. The molecule has 1 aliphatic rings. The predicted octanol–water partition coefficient (Wildman–Crippen LogP) is 3.03. The van der Waals surface area contributed by atoms with Gasteiger partial charge in [0.1, 0.15) is 0 Å². The molecule has 3 heteroatoms. The second-order valence-electron chi connectivity index (χ2n) is 4.84. The van der Waals surface area contributed by atoms with Crippen molar-refractivity contribution < 1.29 is 9.53 Å². The van der Waals surface area contributed by atoms with E-state index in [0.29, 0.717) is 5.57 Å². The molecule has 1 aliphatic heterocycles. The highest BCUT2D eigenvalue weighted by molar-refractivity contribution is 5.92. The quantitative estimate of drug-likeness (QED) is 0.828. The summed E-state index contributed by atoms with van der Waals surface area (Å²) in [4.78, 5) is 12.0. The lowest BCUT2D eigenvalue weighted by Crippen LogP contribution is -2.25. The van der Waals surface area contributed by atoms with Gasteiger partial charge in [0.15, 0.2) is 0 Å². The molecule has 0 fully saturated rings. The average molecular weight is 257 g/mol. The minimum absolute atomic E-state index is 0.0464. The average Bonchev–Trinajstić information content (AvgIpc) is 2.37. The van der Waals surface area contributed by atoms with Crippen LogP contribution in [0, 0.1) is 6.92 Å². The Morgan fingerprint density at radius 2 is 1.89 bits per heavy atom. The highest BCUT2D eigenvalue weighted by Gasteiger charge is 2.28. The lowest BCUT2D eigenvalue weighted by molar-refractivity contribution is -0.136. The van der Waals surface area contributed by atoms with Gasteiger partial charge in [0.25, 0.3) is 0 Å². The molecule has 0 radical (unpaired) electrons. The molecule has 0 saturated heterocycles. The molecule has 1 aromatic rings. The second-order valence-corrected chi connectivity index (χ2v) is 4.84. The standard InChI is InChI=1S/C16H19NO2/c1-10-7-5-6-8-13(10)14-9-11(2)17-12(3)15(14)16(18)19-4/h5-9,14,17H,1-4H3. The lowest BCUT2D eigenvalue weighted by Gasteiger charge is -2.26. The van der Waals surface area contributed by atoms with Crippen LogP contribution in [0.4, 0.5) is 0 Å². The molecule has 1 heterocycles. The number of aryl methyl sites for hydroxylation is 1. The van der Waals surface area contributed by atoms with Gasteiger partial charge in [-0.3, -0.25) is 0 Å². The van der Waals surface area contributed by atoms with Gasteiger partial charge in [0.05, 0.1) is 12.7 Å². The van der Waals surface area contributed by atoms with Gasteiger partial charge in [0.2, 0.25) is 0 Å². The van der Waals surface area contributed by atoms with E-state index >= 15 is 0 Å². The zero-order valence-electron chi connectivity index (χ0n) is 11.8. The molecule has 1 N–H and O–H groups in total. The largest absolute Gasteiger partial charge is 0.466 e. The minimum atomic E-state index is -0.276. The SMILES string of the molecule is COC(=O)C1=C(C)NC(C)=CC1c1ccccc1C. The van der Waals surface area contributed by atoms with Gasteiger partial charge in [0, 0.05) is 17.3 Å². The number of ether oxygens (including phenoxy) is 1. The van der Waals surface area contributed by atoms with E-state index in [-0.39, 0.29) is 11.9 Å². The molecule has 0 aliphatic carbocycles. The molecule has 0 spiro atoms. The number of dihydropyridines is 1. The van der Waals surface area contributed by atoms with Crippen LogP contribution in [0.25, 0.3) is 0 Å². The van der Waals surface area contributed by atoms with E-state index in [1.54, 1.807) is 0 Å². The molecule has 0 saturated carbocycles. The molecule has 2 rings (SSSR count). The molecule has 0 aromatic heterocycles. The van der Waals surface area contributed by atoms with Gasteiger partial charge in [-0.1, -0.05) is 30.3 Å². The number of hydrogen-bond donors (Lipinski definition) is 1. The summed E-state index contributed by atoms with van der Waals surface area (Å²) < 4.78 is 4.92. The summed E-state index contributed by atoms with van der Waals surface area (Å²) in [5.41, 5.74) is 4.91. The number of benzene rings is 1. The van der Waals surface area contributed by atoms with Crippen LogP contribution in [-0.4, -0.2) is 13.1 Å². The maximum absolute atomic E-state index is 12.0. The fourth-order valence-corrected chi connectivity index (χ4v) is 2.54. The summed E-state index contributed by atoms with van der Waals surface area (Å²) >= 11 is 0. The molecule has 0 bridgehead atoms. The van der Waals surface area contributed by atoms with Crippen LogP contribution in [0.3, 0.4) is 0 Å². The third kappa shape index (κ3) is 2.55. The van der Waals surface area contributed by atoms with E-state index in [1.165, 1.54) is 12.7 Å². The van der Waals surface area contributed by atoms with Crippen LogP contribution in [0.2, 0.25) is 0 Å². The third-order valence-corrected chi connectivity index (χ3v) is 3.45. The summed E-state index contributed by atoms with van der Waals surface area (Å²) in [6.45, 7) is 5.97. The Kier molecular flexibility index (Phi) is 3.74. The van der Waals surface area contributed by atoms with Gasteiger partial charge in [-0.05, 0) is 31.9 Å². The fourth-order valence-electron chi connectivity index (χ4n) is 2.54. The van der Waals surface area contributed by atoms with Crippen molar-refractivity contribution in [3.8, 4) is 0 Å². The van der Waals surface area contributed by atoms with E-state index in [2.05, 4.69) is 30.4 Å². The van der Waals surface area contributed by atoms with Gasteiger partial charge < -0.3 is 10.1 Å². The van der Waals surface area contributed by atoms with E-state index in [4.69, 9.17) is 4.74 Å². The highest BCUT2D eigenvalue weighted by Crippen LogP contribution is 2.34. The van der Waals surface area contributed by atoms with Crippen LogP contribution in [0.5, 0.6) is 0 Å². The first kappa shape index (κ1) is 13.4. The first-order valence-corrected chi connectivity index (χ1v) is 6.34. The normalized spacial score (nSPS) is 18.7. The van der Waals surface area contributed by atoms with Gasteiger partial charge in [-0.25, -0.2) is 4.79 Å². The van der Waals surface area contributed by atoms with Gasteiger partial charge >= 0.3 is 5.97 Å². The summed E-state index contributed by atoms with van der Waals surface area (Å²) in [6, 6.07) is 8.12. The Labute approximate surface area is 114 Å². The van der Waals surface area contributed by atoms with Crippen LogP contribution in [0.1, 0.15) is 30.9 Å². The Morgan fingerprint density at radius 1 is 1.21 bits per heavy atom. The van der Waals surface area contributed by atoms with Crippen molar-refractivity contribution in [2.75, 3.05) is 7.11 Å². The first-order chi connectivity index (χ1) is 9.04. The van der Waals surface area contributed by atoms with Crippen molar-refractivity contribution in [3.63, 3.8) is 0 Å². The molecule has 3 nitrogen and oxygen atoms in total. The van der Waals surface area contributed by atoms with Gasteiger partial charge in [-0.15, -0.1) is 0 Å². The highest BCUT2D eigenvalue weighted by atomic mass is 16.5. The van der Waals surface area contributed by atoms with E-state index < -0.39 is 0 Å². The maximum atomic E-state index is 12.0. The molecule has 19 heavy (non-hydrogen) atoms. The molecule has 1 aromatic carbocycles. The summed E-state index contributed by atoms with van der Waals surface area (Å²) in [7, 11) is 1.42. The predicted molar refractivity (Wildman–Crippen MR) is 75.5 cm³/mol.